The first kappa shape index (κ1) is 11.7. The molecule has 2 rings (SSSR count). The van der Waals surface area contributed by atoms with Crippen LogP contribution in [0.3, 0.4) is 0 Å². The third kappa shape index (κ3) is 2.50. The Morgan fingerprint density at radius 3 is 2.82 bits per heavy atom. The molecule has 0 radical (unpaired) electrons. The number of nitrogens with zero attached hydrogens (tertiary/aromatic N) is 1. The van der Waals surface area contributed by atoms with Crippen molar-refractivity contribution in [3.05, 3.63) is 28.7 Å². The number of phenols is 1. The maximum absolute atomic E-state index is 11.8. The van der Waals surface area contributed by atoms with Crippen molar-refractivity contribution < 1.29 is 5.11 Å². The Bertz CT molecular complexity index is 590. The predicted molar refractivity (Wildman–Crippen MR) is 67.1 cm³/mol. The van der Waals surface area contributed by atoms with E-state index in [2.05, 4.69) is 4.98 Å². The lowest BCUT2D eigenvalue weighted by Crippen LogP contribution is -2.34. The fourth-order valence-electron chi connectivity index (χ4n) is 1.77. The number of phenolic OH excluding ortho intramolecular Hbond substituents is 1. The molecule has 0 spiro atoms. The number of aromatic hydroxyl groups is 1. The second-order valence-corrected chi connectivity index (χ2v) is 5.02. The minimum Gasteiger partial charge on any atom is -0.508 e. The van der Waals surface area contributed by atoms with Crippen LogP contribution in [0.5, 0.6) is 5.75 Å². The monoisotopic (exact) mass is 235 g/mol. The summed E-state index contributed by atoms with van der Waals surface area (Å²) in [4.78, 5) is 14.5. The Balaban J connectivity index is 2.40. The van der Waals surface area contributed by atoms with E-state index in [0.717, 1.165) is 5.52 Å². The van der Waals surface area contributed by atoms with E-state index in [-0.39, 0.29) is 17.0 Å². The fraction of sp³-hybridized carbons (Fsp3) is 0.417. The van der Waals surface area contributed by atoms with E-state index in [1.165, 1.54) is 0 Å². The average molecular weight is 235 g/mol. The molecule has 0 bridgehead atoms. The molecule has 0 unspecified atom stereocenters. The second kappa shape index (κ2) is 3.92. The van der Waals surface area contributed by atoms with Gasteiger partial charge in [-0.3, -0.25) is 4.57 Å². The standard InChI is InChI=1S/C12H17N3O2/c1-12(2,13)5-6-15-10-4-3-8(16)7-9(10)14-11(15)17/h3-4,7,16H,5-6,13H2,1-2H3,(H,14,17). The van der Waals surface area contributed by atoms with Crippen molar-refractivity contribution in [2.45, 2.75) is 32.4 Å². The molecule has 0 aliphatic rings. The molecule has 92 valence electrons. The largest absolute Gasteiger partial charge is 0.508 e. The molecular weight excluding hydrogens is 218 g/mol. The Hall–Kier alpha value is -1.75. The number of aromatic nitrogens is 2. The van der Waals surface area contributed by atoms with Gasteiger partial charge >= 0.3 is 5.69 Å². The lowest BCUT2D eigenvalue weighted by Gasteiger charge is -2.18. The molecule has 4 N–H and O–H groups in total. The van der Waals surface area contributed by atoms with Gasteiger partial charge in [0.15, 0.2) is 0 Å². The summed E-state index contributed by atoms with van der Waals surface area (Å²) in [5.41, 5.74) is 6.86. The van der Waals surface area contributed by atoms with E-state index in [9.17, 15) is 9.90 Å². The van der Waals surface area contributed by atoms with Gasteiger partial charge in [-0.05, 0) is 32.4 Å². The van der Waals surface area contributed by atoms with Crippen molar-refractivity contribution in [2.75, 3.05) is 0 Å². The highest BCUT2D eigenvalue weighted by molar-refractivity contribution is 5.76. The smallest absolute Gasteiger partial charge is 0.326 e. The Morgan fingerprint density at radius 2 is 2.18 bits per heavy atom. The topological polar surface area (TPSA) is 84.0 Å². The number of imidazole rings is 1. The van der Waals surface area contributed by atoms with Crippen LogP contribution in [0.25, 0.3) is 11.0 Å². The van der Waals surface area contributed by atoms with E-state index in [1.807, 2.05) is 13.8 Å². The van der Waals surface area contributed by atoms with Gasteiger partial charge in [0, 0.05) is 18.2 Å². The molecule has 0 saturated carbocycles. The first-order valence-corrected chi connectivity index (χ1v) is 5.57. The zero-order chi connectivity index (χ0) is 12.6. The van der Waals surface area contributed by atoms with Crippen LogP contribution in [-0.2, 0) is 6.54 Å². The third-order valence-electron chi connectivity index (χ3n) is 2.74. The summed E-state index contributed by atoms with van der Waals surface area (Å²) in [5, 5.41) is 9.34. The van der Waals surface area contributed by atoms with Gasteiger partial charge in [-0.1, -0.05) is 0 Å². The van der Waals surface area contributed by atoms with Crippen molar-refractivity contribution in [1.29, 1.82) is 0 Å². The molecule has 0 aliphatic carbocycles. The number of H-pyrrole nitrogens is 1. The van der Waals surface area contributed by atoms with E-state index < -0.39 is 0 Å². The number of aryl methyl sites for hydroxylation is 1. The van der Waals surface area contributed by atoms with Crippen molar-refractivity contribution in [2.24, 2.45) is 5.73 Å². The number of nitrogens with one attached hydrogen (secondary N) is 1. The minimum absolute atomic E-state index is 0.144. The van der Waals surface area contributed by atoms with E-state index in [1.54, 1.807) is 22.8 Å². The van der Waals surface area contributed by atoms with Crippen molar-refractivity contribution in [3.63, 3.8) is 0 Å². The lowest BCUT2D eigenvalue weighted by molar-refractivity contribution is 0.436. The summed E-state index contributed by atoms with van der Waals surface area (Å²) in [7, 11) is 0. The summed E-state index contributed by atoms with van der Waals surface area (Å²) in [6.45, 7) is 4.42. The van der Waals surface area contributed by atoms with Crippen LogP contribution in [0, 0.1) is 0 Å². The number of nitrogens with two attached hydrogens (primary N) is 1. The summed E-state index contributed by atoms with van der Waals surface area (Å²) < 4.78 is 1.64. The van der Waals surface area contributed by atoms with Gasteiger partial charge in [-0.25, -0.2) is 4.79 Å². The highest BCUT2D eigenvalue weighted by Gasteiger charge is 2.13. The summed E-state index contributed by atoms with van der Waals surface area (Å²) in [5.74, 6) is 0.144. The van der Waals surface area contributed by atoms with Gasteiger partial charge in [-0.2, -0.15) is 0 Å². The summed E-state index contributed by atoms with van der Waals surface area (Å²) >= 11 is 0. The first-order valence-electron chi connectivity index (χ1n) is 5.57. The van der Waals surface area contributed by atoms with Crippen LogP contribution in [0.4, 0.5) is 0 Å². The molecule has 17 heavy (non-hydrogen) atoms. The fourth-order valence-corrected chi connectivity index (χ4v) is 1.77. The molecule has 2 aromatic rings. The minimum atomic E-state index is -0.306. The molecule has 1 aromatic heterocycles. The van der Waals surface area contributed by atoms with Gasteiger partial charge in [0.2, 0.25) is 0 Å². The highest BCUT2D eigenvalue weighted by Crippen LogP contribution is 2.17. The maximum atomic E-state index is 11.8. The van der Waals surface area contributed by atoms with Crippen LogP contribution < -0.4 is 11.4 Å². The number of hydrogen-bond donors (Lipinski definition) is 3. The third-order valence-corrected chi connectivity index (χ3v) is 2.74. The van der Waals surface area contributed by atoms with Crippen molar-refractivity contribution in [1.82, 2.24) is 9.55 Å². The molecule has 0 fully saturated rings. The SMILES string of the molecule is CC(C)(N)CCn1c(=O)[nH]c2cc(O)ccc21. The predicted octanol–water partition coefficient (Wildman–Crippen LogP) is 1.16. The van der Waals surface area contributed by atoms with Gasteiger partial charge in [0.05, 0.1) is 11.0 Å². The molecule has 1 aromatic carbocycles. The van der Waals surface area contributed by atoms with Crippen LogP contribution >= 0.6 is 0 Å². The lowest BCUT2D eigenvalue weighted by atomic mass is 10.0. The Kier molecular flexibility index (Phi) is 2.71. The normalized spacial score (nSPS) is 12.2. The van der Waals surface area contributed by atoms with Gasteiger partial charge in [0.1, 0.15) is 5.75 Å². The molecule has 5 heteroatoms. The zero-order valence-corrected chi connectivity index (χ0v) is 10.0. The van der Waals surface area contributed by atoms with Crippen LogP contribution in [0.1, 0.15) is 20.3 Å². The van der Waals surface area contributed by atoms with Gasteiger partial charge in [0.25, 0.3) is 0 Å². The number of benzene rings is 1. The molecule has 0 amide bonds. The second-order valence-electron chi connectivity index (χ2n) is 5.02. The Morgan fingerprint density at radius 1 is 1.47 bits per heavy atom. The molecule has 1 heterocycles. The van der Waals surface area contributed by atoms with E-state index >= 15 is 0 Å². The zero-order valence-electron chi connectivity index (χ0n) is 10.0. The van der Waals surface area contributed by atoms with Crippen molar-refractivity contribution in [3.8, 4) is 5.75 Å². The molecular formula is C12H17N3O2. The van der Waals surface area contributed by atoms with Crippen LogP contribution in [0.15, 0.2) is 23.0 Å². The Labute approximate surface area is 98.9 Å². The average Bonchev–Trinajstić information content (AvgIpc) is 2.48. The van der Waals surface area contributed by atoms with Gasteiger partial charge < -0.3 is 15.8 Å². The van der Waals surface area contributed by atoms with Crippen molar-refractivity contribution >= 4 is 11.0 Å². The molecule has 0 aliphatic heterocycles. The number of hydrogen-bond acceptors (Lipinski definition) is 3. The quantitative estimate of drug-likeness (QED) is 0.746. The van der Waals surface area contributed by atoms with Gasteiger partial charge in [-0.15, -0.1) is 0 Å². The number of rotatable bonds is 3. The maximum Gasteiger partial charge on any atom is 0.326 e. The number of fused-ring (bicyclic) bond motifs is 1. The van der Waals surface area contributed by atoms with E-state index in [4.69, 9.17) is 5.73 Å². The first-order chi connectivity index (χ1) is 7.87. The highest BCUT2D eigenvalue weighted by atomic mass is 16.3. The van der Waals surface area contributed by atoms with E-state index in [0.29, 0.717) is 18.5 Å². The summed E-state index contributed by atoms with van der Waals surface area (Å²) in [6.07, 6.45) is 0.709. The van der Waals surface area contributed by atoms with Crippen LogP contribution in [0.2, 0.25) is 0 Å². The molecule has 5 nitrogen and oxygen atoms in total. The van der Waals surface area contributed by atoms with Crippen LogP contribution in [-0.4, -0.2) is 20.2 Å². The number of aromatic amines is 1. The molecule has 0 saturated heterocycles. The molecule has 0 atom stereocenters. The summed E-state index contributed by atoms with van der Waals surface area (Å²) in [6, 6.07) is 4.84.